The Kier molecular flexibility index (Phi) is 26.6. The van der Waals surface area contributed by atoms with Crippen LogP contribution in [-0.2, 0) is 22.4 Å². The summed E-state index contributed by atoms with van der Waals surface area (Å²) < 4.78 is 58.3. The van der Waals surface area contributed by atoms with Crippen LogP contribution in [0.15, 0.2) is 108 Å². The molecule has 3 fully saturated rings. The highest BCUT2D eigenvalue weighted by Gasteiger charge is 2.35. The average molecular weight is 1080 g/mol. The lowest BCUT2D eigenvalue weighted by Crippen LogP contribution is -2.49. The number of fused-ring (bicyclic) bond motifs is 1. The number of aryl methyl sites for hydroxylation is 1. The zero-order valence-corrected chi connectivity index (χ0v) is 46.6. The molecule has 3 aliphatic heterocycles. The Morgan fingerprint density at radius 1 is 0.756 bits per heavy atom. The highest BCUT2D eigenvalue weighted by molar-refractivity contribution is 5.96. The number of likely N-dealkylation sites (tertiary alicyclic amines) is 1. The maximum absolute atomic E-state index is 14.4. The number of nitrogens with one attached hydrogen (secondary N) is 1. The van der Waals surface area contributed by atoms with Gasteiger partial charge in [0.05, 0.1) is 16.6 Å². The van der Waals surface area contributed by atoms with Crippen molar-refractivity contribution < 1.29 is 41.5 Å². The molecule has 0 atom stereocenters. The number of benzene rings is 3. The fourth-order valence-electron chi connectivity index (χ4n) is 9.00. The van der Waals surface area contributed by atoms with E-state index < -0.39 is 29.7 Å². The van der Waals surface area contributed by atoms with Crippen LogP contribution >= 0.6 is 0 Å². The molecule has 0 aliphatic carbocycles. The third-order valence-corrected chi connectivity index (χ3v) is 13.4. The Morgan fingerprint density at radius 3 is 2.03 bits per heavy atom. The number of piperazine rings is 2. The van der Waals surface area contributed by atoms with Crippen LogP contribution in [0.4, 0.5) is 17.6 Å². The van der Waals surface area contributed by atoms with E-state index in [1.165, 1.54) is 24.4 Å². The summed E-state index contributed by atoms with van der Waals surface area (Å²) in [4.78, 5) is 72.6. The van der Waals surface area contributed by atoms with E-state index in [-0.39, 0.29) is 16.8 Å². The van der Waals surface area contributed by atoms with E-state index in [4.69, 9.17) is 0 Å². The van der Waals surface area contributed by atoms with Crippen molar-refractivity contribution in [2.24, 2.45) is 5.92 Å². The van der Waals surface area contributed by atoms with Gasteiger partial charge in [0.2, 0.25) is 6.41 Å². The lowest BCUT2D eigenvalue weighted by Gasteiger charge is -2.38. The molecule has 2 aromatic heterocycles. The van der Waals surface area contributed by atoms with Gasteiger partial charge in [0, 0.05) is 95.6 Å². The number of hydrogen-bond acceptors (Lipinski definition) is 10. The van der Waals surface area contributed by atoms with Gasteiger partial charge in [0.25, 0.3) is 17.4 Å². The van der Waals surface area contributed by atoms with Gasteiger partial charge in [0.1, 0.15) is 12.1 Å². The average Bonchev–Trinajstić information content (AvgIpc) is 3.47. The first-order valence-corrected chi connectivity index (χ1v) is 27.2. The number of nitrogens with zero attached hydrogens (tertiary/aromatic N) is 7. The van der Waals surface area contributed by atoms with Crippen molar-refractivity contribution >= 4 is 35.3 Å². The van der Waals surface area contributed by atoms with Gasteiger partial charge in [-0.1, -0.05) is 115 Å². The summed E-state index contributed by atoms with van der Waals surface area (Å²) in [7, 11) is 0. The number of alkyl halides is 3. The second-order valence-electron chi connectivity index (χ2n) is 18.5. The lowest BCUT2D eigenvalue weighted by atomic mass is 9.95. The molecule has 422 valence electrons. The number of aromatic nitrogens is 3. The standard InChI is InChI=1S/C27H35F3N4O2.C21H19FN4O3.C8H12O.2C2H6/c1-3-20-6-5-7-22(16-20)23-17-24(36-27(28,29)30)25(31-18-23)26(35)34-10-8-21(9-11-34)19-33-14-12-32(4-2)13-15-33;22-18-6-5-14(11-17(18)21(29)26-9-7-25(13-27)8-10-26)12-19-15-3-1-2-4-16(15)20(28)24-23-19;1-3-4-5-6-8(2)7-9;2*1-2/h5-7,16-18,21H,3-4,8-15,19H2,1-2H3;1-6,11,13H,7-10,12H2,(H,24,28);4-7H,3H2,1-2H3;2*1-2H3/b;;5-4-,8-6+;;. The van der Waals surface area contributed by atoms with Crippen molar-refractivity contribution in [3.63, 3.8) is 0 Å². The van der Waals surface area contributed by atoms with Crippen LogP contribution in [0.1, 0.15) is 112 Å². The van der Waals surface area contributed by atoms with E-state index in [1.54, 1.807) is 45.9 Å². The second kappa shape index (κ2) is 32.6. The number of pyridine rings is 1. The maximum atomic E-state index is 14.4. The van der Waals surface area contributed by atoms with Gasteiger partial charge in [-0.2, -0.15) is 5.10 Å². The first-order valence-electron chi connectivity index (χ1n) is 27.2. The van der Waals surface area contributed by atoms with Crippen LogP contribution in [0.25, 0.3) is 21.9 Å². The molecule has 0 spiro atoms. The minimum Gasteiger partial charge on any atom is -0.403 e. The highest BCUT2D eigenvalue weighted by Crippen LogP contribution is 2.32. The van der Waals surface area contributed by atoms with Crippen molar-refractivity contribution in [2.45, 2.75) is 93.9 Å². The Morgan fingerprint density at radius 2 is 1.41 bits per heavy atom. The number of hydrogen-bond donors (Lipinski definition) is 1. The van der Waals surface area contributed by atoms with Gasteiger partial charge < -0.3 is 29.2 Å². The van der Waals surface area contributed by atoms with E-state index in [1.807, 2.05) is 83.2 Å². The molecular formula is C60H78F4N8O6. The Bertz CT molecular complexity index is 2810. The summed E-state index contributed by atoms with van der Waals surface area (Å²) in [5.74, 6) is -1.57. The molecule has 3 saturated heterocycles. The molecule has 5 aromatic rings. The Balaban J connectivity index is 0.000000279. The van der Waals surface area contributed by atoms with Crippen molar-refractivity contribution in [1.82, 2.24) is 39.7 Å². The molecule has 14 nitrogen and oxygen atoms in total. The molecule has 18 heteroatoms. The lowest BCUT2D eigenvalue weighted by molar-refractivity contribution is -0.274. The number of halogens is 4. The number of carbonyl (C=O) groups excluding carboxylic acids is 4. The van der Waals surface area contributed by atoms with Gasteiger partial charge in [-0.3, -0.25) is 24.0 Å². The van der Waals surface area contributed by atoms with Crippen LogP contribution in [0, 0.1) is 11.7 Å². The third-order valence-electron chi connectivity index (χ3n) is 13.4. The van der Waals surface area contributed by atoms with E-state index in [0.717, 1.165) is 99.7 Å². The van der Waals surface area contributed by atoms with Crippen LogP contribution in [0.5, 0.6) is 5.75 Å². The number of aromatic amines is 1. The van der Waals surface area contributed by atoms with E-state index in [9.17, 15) is 41.5 Å². The fourth-order valence-corrected chi connectivity index (χ4v) is 9.00. The molecule has 3 aromatic carbocycles. The van der Waals surface area contributed by atoms with E-state index >= 15 is 0 Å². The van der Waals surface area contributed by atoms with Gasteiger partial charge in [-0.15, -0.1) is 13.2 Å². The molecule has 0 saturated carbocycles. The second-order valence-corrected chi connectivity index (χ2v) is 18.5. The topological polar surface area (TPSA) is 152 Å². The molecular weight excluding hydrogens is 1000 g/mol. The zero-order chi connectivity index (χ0) is 57.2. The number of piperidine rings is 1. The van der Waals surface area contributed by atoms with E-state index in [2.05, 4.69) is 43.6 Å². The third kappa shape index (κ3) is 19.1. The largest absolute Gasteiger partial charge is 0.573 e. The molecule has 0 bridgehead atoms. The van der Waals surface area contributed by atoms with Gasteiger partial charge in [0.15, 0.2) is 11.4 Å². The molecule has 0 unspecified atom stereocenters. The number of likely N-dealkylation sites (N-methyl/N-ethyl adjacent to an activating group) is 1. The first-order chi connectivity index (χ1) is 37.6. The summed E-state index contributed by atoms with van der Waals surface area (Å²) in [5, 5.41) is 7.88. The van der Waals surface area contributed by atoms with Crippen LogP contribution in [0.3, 0.4) is 0 Å². The Hall–Kier alpha value is -7.05. The molecule has 8 rings (SSSR count). The minimum absolute atomic E-state index is 0.00390. The number of amides is 3. The monoisotopic (exact) mass is 1080 g/mol. The Labute approximate surface area is 457 Å². The smallest absolute Gasteiger partial charge is 0.403 e. The van der Waals surface area contributed by atoms with Crippen molar-refractivity contribution in [2.75, 3.05) is 78.5 Å². The van der Waals surface area contributed by atoms with Gasteiger partial charge in [-0.25, -0.2) is 14.5 Å². The maximum Gasteiger partial charge on any atom is 0.573 e. The molecule has 1 N–H and O–H groups in total. The van der Waals surface area contributed by atoms with Crippen LogP contribution in [-0.4, -0.2) is 149 Å². The number of ether oxygens (including phenoxy) is 1. The van der Waals surface area contributed by atoms with Crippen molar-refractivity contribution in [3.05, 3.63) is 147 Å². The molecule has 0 radical (unpaired) electrons. The van der Waals surface area contributed by atoms with Gasteiger partial charge >= 0.3 is 6.36 Å². The number of rotatable bonds is 14. The predicted molar refractivity (Wildman–Crippen MR) is 300 cm³/mol. The zero-order valence-electron chi connectivity index (χ0n) is 46.6. The predicted octanol–water partition coefficient (Wildman–Crippen LogP) is 10.4. The highest BCUT2D eigenvalue weighted by atomic mass is 19.4. The van der Waals surface area contributed by atoms with Crippen LogP contribution < -0.4 is 10.3 Å². The summed E-state index contributed by atoms with van der Waals surface area (Å²) >= 11 is 0. The molecule has 78 heavy (non-hydrogen) atoms. The quantitative estimate of drug-likeness (QED) is 0.0492. The SMILES string of the molecule is CC.CC.CC/C=C\C=C(/C)C=O.CCc1cccc(-c2cnc(C(=O)N3CCC(CN4CCN(CC)CC4)CC3)c(OC(F)(F)F)c2)c1.O=CN1CCN(C(=O)c2cc(Cc3n[nH]c(=O)c4ccccc34)ccc2F)CC1. The minimum atomic E-state index is -4.92. The first kappa shape index (κ1) is 63.5. The number of carbonyl (C=O) groups is 4. The summed E-state index contributed by atoms with van der Waals surface area (Å²) in [6.07, 6.45) is 7.66. The molecule has 3 amide bonds. The number of allylic oxidation sites excluding steroid dienone is 4. The molecule has 3 aliphatic rings. The van der Waals surface area contributed by atoms with Gasteiger partial charge in [-0.05, 0) is 91.6 Å². The number of aldehydes is 1. The van der Waals surface area contributed by atoms with E-state index in [0.29, 0.717) is 73.8 Å². The summed E-state index contributed by atoms with van der Waals surface area (Å²) in [5.41, 5.74) is 3.81. The molecule has 5 heterocycles. The number of H-pyrrole nitrogens is 1. The summed E-state index contributed by atoms with van der Waals surface area (Å²) in [6, 6.07) is 20.3. The summed E-state index contributed by atoms with van der Waals surface area (Å²) in [6.45, 7) is 25.0. The van der Waals surface area contributed by atoms with Crippen LogP contribution in [0.2, 0.25) is 0 Å². The van der Waals surface area contributed by atoms with Crippen molar-refractivity contribution in [3.8, 4) is 16.9 Å². The van der Waals surface area contributed by atoms with Crippen molar-refractivity contribution in [1.29, 1.82) is 0 Å². The normalized spacial score (nSPS) is 15.4. The fraction of sp³-hybridized carbons (Fsp3) is 0.450.